The Labute approximate surface area is 144 Å². The van der Waals surface area contributed by atoms with Crippen molar-refractivity contribution < 1.29 is 5.11 Å². The number of anilines is 1. The van der Waals surface area contributed by atoms with Gasteiger partial charge >= 0.3 is 0 Å². The highest BCUT2D eigenvalue weighted by Crippen LogP contribution is 2.39. The van der Waals surface area contributed by atoms with E-state index in [0.717, 1.165) is 11.3 Å². The zero-order valence-corrected chi connectivity index (χ0v) is 15.0. The molecule has 0 amide bonds. The van der Waals surface area contributed by atoms with Crippen LogP contribution < -0.4 is 4.90 Å². The highest BCUT2D eigenvalue weighted by atomic mass is 16.3. The first-order chi connectivity index (χ1) is 11.3. The van der Waals surface area contributed by atoms with E-state index in [1.165, 1.54) is 22.4 Å². The third-order valence-corrected chi connectivity index (χ3v) is 4.79. The number of benzene rings is 2. The van der Waals surface area contributed by atoms with Gasteiger partial charge in [0.15, 0.2) is 0 Å². The van der Waals surface area contributed by atoms with Crippen molar-refractivity contribution in [3.05, 3.63) is 59.2 Å². The second-order valence-electron chi connectivity index (χ2n) is 7.04. The van der Waals surface area contributed by atoms with Gasteiger partial charge in [-0.1, -0.05) is 12.1 Å². The molecule has 0 spiro atoms. The minimum atomic E-state index is 0.0146. The summed E-state index contributed by atoms with van der Waals surface area (Å²) in [6.07, 6.45) is 4.18. The standard InChI is InChI=1S/C21H24N2O/c1-14-9-20-19(15(2)12-21(3,4)23(20)5)10-16(14)13-22-17-7-6-8-18(24)11-17/h6-13,24H,1-5H3. The lowest BCUT2D eigenvalue weighted by atomic mass is 9.87. The van der Waals surface area contributed by atoms with Crippen molar-refractivity contribution in [2.24, 2.45) is 4.99 Å². The Morgan fingerprint density at radius 1 is 1.12 bits per heavy atom. The fourth-order valence-electron chi connectivity index (χ4n) is 3.17. The zero-order chi connectivity index (χ0) is 17.5. The molecule has 1 aliphatic heterocycles. The molecule has 2 aromatic rings. The first kappa shape index (κ1) is 16.3. The molecule has 124 valence electrons. The summed E-state index contributed by atoms with van der Waals surface area (Å²) in [5.41, 5.74) is 6.85. The van der Waals surface area contributed by atoms with Crippen LogP contribution in [0, 0.1) is 6.92 Å². The van der Waals surface area contributed by atoms with Crippen LogP contribution in [0.15, 0.2) is 47.5 Å². The number of aryl methyl sites for hydroxylation is 1. The summed E-state index contributed by atoms with van der Waals surface area (Å²) < 4.78 is 0. The third kappa shape index (κ3) is 2.94. The molecule has 1 N–H and O–H groups in total. The van der Waals surface area contributed by atoms with Crippen molar-refractivity contribution in [1.82, 2.24) is 0 Å². The van der Waals surface area contributed by atoms with Gasteiger partial charge in [0.05, 0.1) is 11.2 Å². The Hall–Kier alpha value is -2.55. The number of allylic oxidation sites excluding steroid dienone is 1. The Morgan fingerprint density at radius 3 is 2.58 bits per heavy atom. The Morgan fingerprint density at radius 2 is 1.88 bits per heavy atom. The summed E-state index contributed by atoms with van der Waals surface area (Å²) in [4.78, 5) is 6.82. The van der Waals surface area contributed by atoms with Gasteiger partial charge in [-0.25, -0.2) is 0 Å². The normalized spacial score (nSPS) is 16.2. The van der Waals surface area contributed by atoms with Crippen molar-refractivity contribution >= 4 is 23.2 Å². The number of nitrogens with zero attached hydrogens (tertiary/aromatic N) is 2. The van der Waals surface area contributed by atoms with Crippen LogP contribution in [0.25, 0.3) is 5.57 Å². The summed E-state index contributed by atoms with van der Waals surface area (Å²) in [6.45, 7) is 8.73. The number of hydrogen-bond acceptors (Lipinski definition) is 3. The number of phenols is 1. The number of aliphatic imine (C=N–C) groups is 1. The summed E-state index contributed by atoms with van der Waals surface area (Å²) in [5, 5.41) is 9.55. The monoisotopic (exact) mass is 320 g/mol. The lowest BCUT2D eigenvalue weighted by molar-refractivity contribution is 0.475. The first-order valence-corrected chi connectivity index (χ1v) is 8.19. The second-order valence-corrected chi connectivity index (χ2v) is 7.04. The van der Waals surface area contributed by atoms with Gasteiger partial charge in [0, 0.05) is 30.6 Å². The summed E-state index contributed by atoms with van der Waals surface area (Å²) in [5.74, 6) is 0.231. The van der Waals surface area contributed by atoms with Gasteiger partial charge in [-0.2, -0.15) is 0 Å². The van der Waals surface area contributed by atoms with Crippen molar-refractivity contribution in [1.29, 1.82) is 0 Å². The number of hydrogen-bond donors (Lipinski definition) is 1. The van der Waals surface area contributed by atoms with Gasteiger partial charge in [-0.05, 0) is 68.7 Å². The van der Waals surface area contributed by atoms with E-state index in [1.807, 2.05) is 12.3 Å². The van der Waals surface area contributed by atoms with Crippen LogP contribution in [0.5, 0.6) is 5.75 Å². The quantitative estimate of drug-likeness (QED) is 0.783. The molecule has 0 saturated heterocycles. The molecular weight excluding hydrogens is 296 g/mol. The van der Waals surface area contributed by atoms with E-state index in [2.05, 4.69) is 62.8 Å². The fraction of sp³-hybridized carbons (Fsp3) is 0.286. The maximum Gasteiger partial charge on any atom is 0.117 e. The van der Waals surface area contributed by atoms with Gasteiger partial charge < -0.3 is 10.0 Å². The number of phenolic OH excluding ortho intramolecular Hbond substituents is 1. The van der Waals surface area contributed by atoms with E-state index in [9.17, 15) is 5.11 Å². The second kappa shape index (κ2) is 5.82. The van der Waals surface area contributed by atoms with Crippen LogP contribution in [0.3, 0.4) is 0 Å². The van der Waals surface area contributed by atoms with Crippen molar-refractivity contribution in [2.45, 2.75) is 33.2 Å². The van der Waals surface area contributed by atoms with Crippen molar-refractivity contribution in [2.75, 3.05) is 11.9 Å². The molecule has 0 saturated carbocycles. The highest BCUT2D eigenvalue weighted by molar-refractivity contribution is 5.90. The van der Waals surface area contributed by atoms with Gasteiger partial charge in [-0.3, -0.25) is 4.99 Å². The molecule has 0 atom stereocenters. The van der Waals surface area contributed by atoms with E-state index in [1.54, 1.807) is 18.2 Å². The predicted molar refractivity (Wildman–Crippen MR) is 103 cm³/mol. The molecule has 0 unspecified atom stereocenters. The number of likely N-dealkylation sites (N-methyl/N-ethyl adjacent to an activating group) is 1. The highest BCUT2D eigenvalue weighted by Gasteiger charge is 2.28. The molecule has 0 aromatic heterocycles. The largest absolute Gasteiger partial charge is 0.508 e. The van der Waals surface area contributed by atoms with E-state index < -0.39 is 0 Å². The molecule has 1 heterocycles. The molecule has 3 nitrogen and oxygen atoms in total. The van der Waals surface area contributed by atoms with Crippen LogP contribution >= 0.6 is 0 Å². The van der Waals surface area contributed by atoms with Crippen LogP contribution in [-0.4, -0.2) is 23.9 Å². The molecule has 1 aliphatic rings. The van der Waals surface area contributed by atoms with Gasteiger partial charge in [0.2, 0.25) is 0 Å². The van der Waals surface area contributed by atoms with E-state index >= 15 is 0 Å². The zero-order valence-electron chi connectivity index (χ0n) is 15.0. The minimum Gasteiger partial charge on any atom is -0.508 e. The molecule has 0 bridgehead atoms. The molecule has 24 heavy (non-hydrogen) atoms. The number of aromatic hydroxyl groups is 1. The summed E-state index contributed by atoms with van der Waals surface area (Å²) >= 11 is 0. The number of fused-ring (bicyclic) bond motifs is 1. The van der Waals surface area contributed by atoms with E-state index in [-0.39, 0.29) is 11.3 Å². The predicted octanol–water partition coefficient (Wildman–Crippen LogP) is 5.08. The Bertz CT molecular complexity index is 847. The summed E-state index contributed by atoms with van der Waals surface area (Å²) in [6, 6.07) is 11.4. The van der Waals surface area contributed by atoms with Gasteiger partial charge in [0.1, 0.15) is 5.75 Å². The molecular formula is C21H24N2O. The maximum atomic E-state index is 9.55. The maximum absolute atomic E-state index is 9.55. The van der Waals surface area contributed by atoms with E-state index in [0.29, 0.717) is 0 Å². The van der Waals surface area contributed by atoms with Crippen LogP contribution in [-0.2, 0) is 0 Å². The lowest BCUT2D eigenvalue weighted by Crippen LogP contribution is -2.42. The molecule has 0 radical (unpaired) electrons. The molecule has 3 heteroatoms. The van der Waals surface area contributed by atoms with Gasteiger partial charge in [-0.15, -0.1) is 0 Å². The van der Waals surface area contributed by atoms with E-state index in [4.69, 9.17) is 0 Å². The molecule has 3 rings (SSSR count). The fourth-order valence-corrected chi connectivity index (χ4v) is 3.17. The molecule has 2 aromatic carbocycles. The lowest BCUT2D eigenvalue weighted by Gasteiger charge is -2.41. The SMILES string of the molecule is CC1=CC(C)(C)N(C)c2cc(C)c(C=Nc3cccc(O)c3)cc21. The van der Waals surface area contributed by atoms with Crippen LogP contribution in [0.4, 0.5) is 11.4 Å². The number of rotatable bonds is 2. The average Bonchev–Trinajstić information content (AvgIpc) is 2.51. The van der Waals surface area contributed by atoms with Gasteiger partial charge in [0.25, 0.3) is 0 Å². The van der Waals surface area contributed by atoms with Crippen LogP contribution in [0.1, 0.15) is 37.5 Å². The smallest absolute Gasteiger partial charge is 0.117 e. The molecule has 0 fully saturated rings. The summed E-state index contributed by atoms with van der Waals surface area (Å²) in [7, 11) is 2.14. The molecule has 0 aliphatic carbocycles. The Balaban J connectivity index is 2.02. The Kier molecular flexibility index (Phi) is 3.96. The average molecular weight is 320 g/mol. The van der Waals surface area contributed by atoms with Crippen molar-refractivity contribution in [3.8, 4) is 5.75 Å². The van der Waals surface area contributed by atoms with Crippen LogP contribution in [0.2, 0.25) is 0 Å². The first-order valence-electron chi connectivity index (χ1n) is 8.19. The third-order valence-electron chi connectivity index (χ3n) is 4.79. The van der Waals surface area contributed by atoms with Crippen molar-refractivity contribution in [3.63, 3.8) is 0 Å². The topological polar surface area (TPSA) is 35.8 Å². The minimum absolute atomic E-state index is 0.0146.